The van der Waals surface area contributed by atoms with Gasteiger partial charge in [-0.05, 0) is 43.7 Å². The smallest absolute Gasteiger partial charge is 0.224 e. The van der Waals surface area contributed by atoms with E-state index in [1.807, 2.05) is 68.0 Å². The highest BCUT2D eigenvalue weighted by Crippen LogP contribution is 2.15. The molecule has 0 atom stereocenters. The van der Waals surface area contributed by atoms with Gasteiger partial charge in [0, 0.05) is 31.0 Å². The number of rotatable bonds is 7. The number of hydrogen-bond donors (Lipinski definition) is 1. The molecular weight excluding hydrogens is 340 g/mol. The first-order valence-electron chi connectivity index (χ1n) is 8.90. The Balaban J connectivity index is 1.49. The van der Waals surface area contributed by atoms with Crippen molar-refractivity contribution in [1.82, 2.24) is 20.1 Å². The van der Waals surface area contributed by atoms with Gasteiger partial charge in [-0.1, -0.05) is 18.2 Å². The van der Waals surface area contributed by atoms with Gasteiger partial charge in [0.05, 0.1) is 17.8 Å². The molecule has 1 aromatic carbocycles. The van der Waals surface area contributed by atoms with Crippen molar-refractivity contribution in [3.05, 3.63) is 76.9 Å². The van der Waals surface area contributed by atoms with E-state index >= 15 is 0 Å². The predicted octanol–water partition coefficient (Wildman–Crippen LogP) is 2.87. The molecular formula is C21H24N4O2. The van der Waals surface area contributed by atoms with Gasteiger partial charge in [-0.15, -0.1) is 0 Å². The molecule has 0 fully saturated rings. The van der Waals surface area contributed by atoms with Crippen molar-refractivity contribution in [2.75, 3.05) is 0 Å². The van der Waals surface area contributed by atoms with E-state index in [0.29, 0.717) is 19.6 Å². The van der Waals surface area contributed by atoms with Crippen molar-refractivity contribution < 1.29 is 9.53 Å². The van der Waals surface area contributed by atoms with E-state index in [0.717, 1.165) is 34.0 Å². The van der Waals surface area contributed by atoms with Gasteiger partial charge in [-0.25, -0.2) is 0 Å². The van der Waals surface area contributed by atoms with Crippen LogP contribution >= 0.6 is 0 Å². The lowest BCUT2D eigenvalue weighted by Gasteiger charge is -2.08. The summed E-state index contributed by atoms with van der Waals surface area (Å²) < 4.78 is 7.53. The monoisotopic (exact) mass is 364 g/mol. The molecule has 3 aromatic rings. The Morgan fingerprint density at radius 3 is 2.56 bits per heavy atom. The molecule has 0 saturated carbocycles. The Labute approximate surface area is 159 Å². The first-order valence-corrected chi connectivity index (χ1v) is 8.90. The van der Waals surface area contributed by atoms with Crippen LogP contribution in [0.5, 0.6) is 5.75 Å². The number of nitrogens with one attached hydrogen (secondary N) is 1. The highest BCUT2D eigenvalue weighted by molar-refractivity contribution is 5.79. The summed E-state index contributed by atoms with van der Waals surface area (Å²) in [5.41, 5.74) is 4.83. The molecule has 6 nitrogen and oxygen atoms in total. The van der Waals surface area contributed by atoms with Crippen LogP contribution in [-0.2, 0) is 31.4 Å². The zero-order chi connectivity index (χ0) is 19.2. The van der Waals surface area contributed by atoms with Crippen molar-refractivity contribution in [2.45, 2.75) is 33.4 Å². The molecule has 1 N–H and O–H groups in total. The summed E-state index contributed by atoms with van der Waals surface area (Å²) in [4.78, 5) is 16.5. The van der Waals surface area contributed by atoms with Crippen LogP contribution in [0.3, 0.4) is 0 Å². The average molecular weight is 364 g/mol. The third-order valence-corrected chi connectivity index (χ3v) is 4.52. The van der Waals surface area contributed by atoms with Gasteiger partial charge in [0.25, 0.3) is 0 Å². The van der Waals surface area contributed by atoms with E-state index in [1.165, 1.54) is 0 Å². The molecule has 0 unspecified atom stereocenters. The van der Waals surface area contributed by atoms with Crippen molar-refractivity contribution in [3.63, 3.8) is 0 Å². The number of carbonyl (C=O) groups excluding carboxylic acids is 1. The highest BCUT2D eigenvalue weighted by atomic mass is 16.5. The number of carbonyl (C=O) groups is 1. The fourth-order valence-electron chi connectivity index (χ4n) is 2.84. The maximum atomic E-state index is 12.2. The SMILES string of the molecule is Cc1nn(C)c(C)c1CC(=O)NCc1ccc(OCc2ccccn2)cc1. The number of aryl methyl sites for hydroxylation is 2. The van der Waals surface area contributed by atoms with E-state index < -0.39 is 0 Å². The summed E-state index contributed by atoms with van der Waals surface area (Å²) in [6.45, 7) is 4.82. The number of benzene rings is 1. The van der Waals surface area contributed by atoms with Crippen LogP contribution in [0.25, 0.3) is 0 Å². The molecule has 0 radical (unpaired) electrons. The minimum Gasteiger partial charge on any atom is -0.487 e. The number of pyridine rings is 1. The normalized spacial score (nSPS) is 10.6. The molecule has 2 heterocycles. The second-order valence-electron chi connectivity index (χ2n) is 6.48. The van der Waals surface area contributed by atoms with Crippen LogP contribution in [0.2, 0.25) is 0 Å². The van der Waals surface area contributed by atoms with Crippen LogP contribution in [0.4, 0.5) is 0 Å². The zero-order valence-electron chi connectivity index (χ0n) is 15.9. The molecule has 0 aliphatic heterocycles. The van der Waals surface area contributed by atoms with Gasteiger partial charge in [-0.2, -0.15) is 5.10 Å². The highest BCUT2D eigenvalue weighted by Gasteiger charge is 2.13. The summed E-state index contributed by atoms with van der Waals surface area (Å²) in [5, 5.41) is 7.31. The topological polar surface area (TPSA) is 69.0 Å². The molecule has 3 rings (SSSR count). The first-order chi connectivity index (χ1) is 13.0. The fraction of sp³-hybridized carbons (Fsp3) is 0.286. The fourth-order valence-corrected chi connectivity index (χ4v) is 2.84. The second-order valence-corrected chi connectivity index (χ2v) is 6.48. The van der Waals surface area contributed by atoms with Crippen LogP contribution in [0.15, 0.2) is 48.7 Å². The Morgan fingerprint density at radius 1 is 1.15 bits per heavy atom. The molecule has 6 heteroatoms. The lowest BCUT2D eigenvalue weighted by Crippen LogP contribution is -2.25. The molecule has 0 saturated heterocycles. The Morgan fingerprint density at radius 2 is 1.93 bits per heavy atom. The van der Waals surface area contributed by atoms with E-state index in [1.54, 1.807) is 6.20 Å². The van der Waals surface area contributed by atoms with E-state index in [-0.39, 0.29) is 5.91 Å². The molecule has 27 heavy (non-hydrogen) atoms. The number of hydrogen-bond acceptors (Lipinski definition) is 4. The summed E-state index contributed by atoms with van der Waals surface area (Å²) in [7, 11) is 1.89. The van der Waals surface area contributed by atoms with Crippen LogP contribution < -0.4 is 10.1 Å². The number of nitrogens with zero attached hydrogens (tertiary/aromatic N) is 3. The minimum atomic E-state index is -0.00956. The average Bonchev–Trinajstić information content (AvgIpc) is 2.92. The number of amides is 1. The van der Waals surface area contributed by atoms with Gasteiger partial charge in [0.15, 0.2) is 0 Å². The molecule has 0 bridgehead atoms. The number of aromatic nitrogens is 3. The summed E-state index contributed by atoms with van der Waals surface area (Å²) >= 11 is 0. The van der Waals surface area contributed by atoms with Gasteiger partial charge >= 0.3 is 0 Å². The van der Waals surface area contributed by atoms with Crippen LogP contribution in [-0.4, -0.2) is 20.7 Å². The van der Waals surface area contributed by atoms with Crippen molar-refractivity contribution in [2.24, 2.45) is 7.05 Å². The van der Waals surface area contributed by atoms with E-state index in [9.17, 15) is 4.79 Å². The molecule has 0 aliphatic carbocycles. The quantitative estimate of drug-likeness (QED) is 0.700. The van der Waals surface area contributed by atoms with Gasteiger partial charge in [0.2, 0.25) is 5.91 Å². The standard InChI is InChI=1S/C21H24N4O2/c1-15-20(16(2)25(3)24-15)12-21(26)23-13-17-7-9-19(10-8-17)27-14-18-6-4-5-11-22-18/h4-11H,12-14H2,1-3H3,(H,23,26). The summed E-state index contributed by atoms with van der Waals surface area (Å²) in [5.74, 6) is 0.766. The lowest BCUT2D eigenvalue weighted by molar-refractivity contribution is -0.120. The third-order valence-electron chi connectivity index (χ3n) is 4.52. The molecule has 0 aliphatic rings. The van der Waals surface area contributed by atoms with Gasteiger partial charge < -0.3 is 10.1 Å². The molecule has 0 spiro atoms. The Hall–Kier alpha value is -3.15. The first kappa shape index (κ1) is 18.6. The van der Waals surface area contributed by atoms with Gasteiger partial charge in [-0.3, -0.25) is 14.5 Å². The van der Waals surface area contributed by atoms with Crippen LogP contribution in [0.1, 0.15) is 28.2 Å². The number of ether oxygens (including phenoxy) is 1. The Kier molecular flexibility index (Phi) is 5.86. The van der Waals surface area contributed by atoms with E-state index in [2.05, 4.69) is 15.4 Å². The van der Waals surface area contributed by atoms with Gasteiger partial charge in [0.1, 0.15) is 12.4 Å². The largest absolute Gasteiger partial charge is 0.487 e. The second kappa shape index (κ2) is 8.49. The minimum absolute atomic E-state index is 0.00956. The lowest BCUT2D eigenvalue weighted by atomic mass is 10.1. The maximum Gasteiger partial charge on any atom is 0.224 e. The predicted molar refractivity (Wildman–Crippen MR) is 103 cm³/mol. The van der Waals surface area contributed by atoms with Crippen molar-refractivity contribution in [3.8, 4) is 5.75 Å². The maximum absolute atomic E-state index is 12.2. The zero-order valence-corrected chi connectivity index (χ0v) is 15.9. The molecule has 140 valence electrons. The molecule has 2 aromatic heterocycles. The van der Waals surface area contributed by atoms with Crippen molar-refractivity contribution >= 4 is 5.91 Å². The van der Waals surface area contributed by atoms with E-state index in [4.69, 9.17) is 4.74 Å². The summed E-state index contributed by atoms with van der Waals surface area (Å²) in [6.07, 6.45) is 2.09. The third kappa shape index (κ3) is 4.94. The Bertz CT molecular complexity index is 902. The summed E-state index contributed by atoms with van der Waals surface area (Å²) in [6, 6.07) is 13.5. The van der Waals surface area contributed by atoms with Crippen LogP contribution in [0, 0.1) is 13.8 Å². The van der Waals surface area contributed by atoms with Crippen molar-refractivity contribution in [1.29, 1.82) is 0 Å². The molecule has 1 amide bonds.